The Labute approximate surface area is 204 Å². The number of anilines is 2. The monoisotopic (exact) mass is 466 g/mol. The average molecular weight is 467 g/mol. The molecule has 4 rings (SSSR count). The van der Waals surface area contributed by atoms with E-state index < -0.39 is 5.91 Å². The Kier molecular flexibility index (Phi) is 7.70. The second-order valence-electron chi connectivity index (χ2n) is 7.86. The van der Waals surface area contributed by atoms with Crippen LogP contribution in [0, 0.1) is 0 Å². The number of nitrogens with one attached hydrogen (secondary N) is 2. The van der Waals surface area contributed by atoms with Crippen molar-refractivity contribution in [2.45, 2.75) is 6.42 Å². The van der Waals surface area contributed by atoms with E-state index in [9.17, 15) is 9.59 Å². The first-order chi connectivity index (χ1) is 17.1. The van der Waals surface area contributed by atoms with Crippen LogP contribution in [0.15, 0.2) is 97.2 Å². The Morgan fingerprint density at radius 3 is 2.31 bits per heavy atom. The molecule has 4 N–H and O–H groups in total. The van der Waals surface area contributed by atoms with Crippen molar-refractivity contribution < 1.29 is 14.3 Å². The summed E-state index contributed by atoms with van der Waals surface area (Å²) in [5.74, 6) is -0.484. The molecule has 0 aliphatic carbocycles. The first-order valence-corrected chi connectivity index (χ1v) is 11.2. The van der Waals surface area contributed by atoms with Crippen molar-refractivity contribution in [3.8, 4) is 16.9 Å². The molecule has 1 heterocycles. The summed E-state index contributed by atoms with van der Waals surface area (Å²) in [6.45, 7) is 0.488. The second kappa shape index (κ2) is 11.5. The van der Waals surface area contributed by atoms with Crippen molar-refractivity contribution in [1.82, 2.24) is 4.98 Å². The fourth-order valence-corrected chi connectivity index (χ4v) is 3.58. The molecule has 0 aliphatic heterocycles. The van der Waals surface area contributed by atoms with Gasteiger partial charge in [-0.2, -0.15) is 0 Å². The Morgan fingerprint density at radius 1 is 0.857 bits per heavy atom. The Morgan fingerprint density at radius 2 is 1.60 bits per heavy atom. The van der Waals surface area contributed by atoms with Gasteiger partial charge in [-0.3, -0.25) is 14.6 Å². The third-order valence-electron chi connectivity index (χ3n) is 5.28. The average Bonchev–Trinajstić information content (AvgIpc) is 2.89. The largest absolute Gasteiger partial charge is 0.484 e. The predicted molar refractivity (Wildman–Crippen MR) is 137 cm³/mol. The predicted octanol–water partition coefficient (Wildman–Crippen LogP) is 4.52. The number of pyridine rings is 1. The maximum atomic E-state index is 13.2. The first-order valence-electron chi connectivity index (χ1n) is 11.2. The molecular weight excluding hydrogens is 440 g/mol. The van der Waals surface area contributed by atoms with Crippen LogP contribution in [0.1, 0.15) is 16.1 Å². The van der Waals surface area contributed by atoms with Gasteiger partial charge in [0.15, 0.2) is 6.61 Å². The van der Waals surface area contributed by atoms with E-state index in [2.05, 4.69) is 15.6 Å². The highest BCUT2D eigenvalue weighted by Crippen LogP contribution is 2.28. The smallest absolute Gasteiger partial charge is 0.256 e. The van der Waals surface area contributed by atoms with Crippen LogP contribution < -0.4 is 21.1 Å². The van der Waals surface area contributed by atoms with Gasteiger partial charge in [-0.05, 0) is 65.7 Å². The summed E-state index contributed by atoms with van der Waals surface area (Å²) in [4.78, 5) is 28.6. The lowest BCUT2D eigenvalue weighted by atomic mass is 9.98. The molecule has 0 saturated heterocycles. The van der Waals surface area contributed by atoms with E-state index in [-0.39, 0.29) is 12.5 Å². The van der Waals surface area contributed by atoms with Crippen molar-refractivity contribution in [2.75, 3.05) is 23.8 Å². The second-order valence-corrected chi connectivity index (χ2v) is 7.86. The molecule has 0 atom stereocenters. The highest BCUT2D eigenvalue weighted by Gasteiger charge is 2.15. The fraction of sp³-hybridized carbons (Fsp3) is 0.107. The number of rotatable bonds is 10. The lowest BCUT2D eigenvalue weighted by molar-refractivity contribution is -0.119. The number of amides is 2. The molecule has 0 unspecified atom stereocenters. The highest BCUT2D eigenvalue weighted by molar-refractivity contribution is 6.09. The molecule has 7 nitrogen and oxygen atoms in total. The number of carbonyl (C=O) groups excluding carboxylic acids is 2. The summed E-state index contributed by atoms with van der Waals surface area (Å²) in [7, 11) is 0. The van der Waals surface area contributed by atoms with Gasteiger partial charge < -0.3 is 21.1 Å². The molecule has 3 aromatic carbocycles. The van der Waals surface area contributed by atoms with E-state index >= 15 is 0 Å². The third-order valence-corrected chi connectivity index (χ3v) is 5.28. The van der Waals surface area contributed by atoms with Crippen molar-refractivity contribution in [3.05, 3.63) is 108 Å². The van der Waals surface area contributed by atoms with Crippen LogP contribution in [0.25, 0.3) is 11.1 Å². The maximum absolute atomic E-state index is 13.2. The molecule has 176 valence electrons. The SMILES string of the molecule is NC(=O)COc1ccc(-c2ccccc2)c(C(=O)Nc2ccc(NCCc3ccccn3)cc2)c1. The van der Waals surface area contributed by atoms with Crippen LogP contribution in [-0.2, 0) is 11.2 Å². The van der Waals surface area contributed by atoms with Crippen molar-refractivity contribution >= 4 is 23.2 Å². The van der Waals surface area contributed by atoms with Crippen LogP contribution >= 0.6 is 0 Å². The summed E-state index contributed by atoms with van der Waals surface area (Å²) in [5.41, 5.74) is 9.89. The van der Waals surface area contributed by atoms with Gasteiger partial charge in [0.05, 0.1) is 5.56 Å². The molecule has 0 spiro atoms. The minimum atomic E-state index is -0.586. The third kappa shape index (κ3) is 6.68. The van der Waals surface area contributed by atoms with Gasteiger partial charge in [-0.1, -0.05) is 36.4 Å². The number of nitrogens with two attached hydrogens (primary N) is 1. The zero-order valence-corrected chi connectivity index (χ0v) is 19.1. The van der Waals surface area contributed by atoms with Gasteiger partial charge in [0.1, 0.15) is 5.75 Å². The Hall–Kier alpha value is -4.65. The van der Waals surface area contributed by atoms with E-state index in [0.717, 1.165) is 35.5 Å². The topological polar surface area (TPSA) is 106 Å². The van der Waals surface area contributed by atoms with Gasteiger partial charge in [0.2, 0.25) is 0 Å². The van der Waals surface area contributed by atoms with Gasteiger partial charge in [-0.15, -0.1) is 0 Å². The number of hydrogen-bond acceptors (Lipinski definition) is 5. The number of benzene rings is 3. The summed E-state index contributed by atoms with van der Waals surface area (Å²) < 4.78 is 5.42. The van der Waals surface area contributed by atoms with E-state index in [1.165, 1.54) is 0 Å². The molecule has 35 heavy (non-hydrogen) atoms. The van der Waals surface area contributed by atoms with Crippen LogP contribution in [0.2, 0.25) is 0 Å². The lowest BCUT2D eigenvalue weighted by Crippen LogP contribution is -2.20. The minimum Gasteiger partial charge on any atom is -0.484 e. The highest BCUT2D eigenvalue weighted by atomic mass is 16.5. The van der Waals surface area contributed by atoms with E-state index in [1.54, 1.807) is 24.4 Å². The van der Waals surface area contributed by atoms with E-state index in [4.69, 9.17) is 10.5 Å². The summed E-state index contributed by atoms with van der Waals surface area (Å²) in [6, 6.07) is 28.1. The standard InChI is InChI=1S/C28H26N4O3/c29-27(33)19-35-24-13-14-25(20-6-2-1-3-7-20)26(18-24)28(34)32-23-11-9-22(10-12-23)31-17-15-21-8-4-5-16-30-21/h1-14,16,18,31H,15,17,19H2,(H2,29,33)(H,32,34). The molecule has 7 heteroatoms. The fourth-order valence-electron chi connectivity index (χ4n) is 3.58. The van der Waals surface area contributed by atoms with E-state index in [1.807, 2.05) is 72.8 Å². The zero-order valence-electron chi connectivity index (χ0n) is 19.1. The number of hydrogen-bond donors (Lipinski definition) is 3. The molecule has 0 bridgehead atoms. The van der Waals surface area contributed by atoms with Crippen LogP contribution in [-0.4, -0.2) is 29.9 Å². The Balaban J connectivity index is 1.45. The number of nitrogens with zero attached hydrogens (tertiary/aromatic N) is 1. The first kappa shape index (κ1) is 23.5. The molecule has 4 aromatic rings. The molecule has 1 aromatic heterocycles. The van der Waals surface area contributed by atoms with Gasteiger partial charge in [-0.25, -0.2) is 0 Å². The van der Waals surface area contributed by atoms with Gasteiger partial charge in [0.25, 0.3) is 11.8 Å². The normalized spacial score (nSPS) is 10.4. The molecular formula is C28H26N4O3. The van der Waals surface area contributed by atoms with Crippen molar-refractivity contribution in [3.63, 3.8) is 0 Å². The summed E-state index contributed by atoms with van der Waals surface area (Å²) in [5, 5.41) is 6.31. The van der Waals surface area contributed by atoms with Gasteiger partial charge in [0, 0.05) is 36.2 Å². The zero-order chi connectivity index (χ0) is 24.5. The molecule has 2 amide bonds. The van der Waals surface area contributed by atoms with Crippen molar-refractivity contribution in [1.29, 1.82) is 0 Å². The quantitative estimate of drug-likeness (QED) is 0.319. The number of ether oxygens (including phenoxy) is 1. The molecule has 0 aliphatic rings. The lowest BCUT2D eigenvalue weighted by Gasteiger charge is -2.13. The maximum Gasteiger partial charge on any atom is 0.256 e. The summed E-state index contributed by atoms with van der Waals surface area (Å²) >= 11 is 0. The molecule has 0 radical (unpaired) electrons. The number of carbonyl (C=O) groups is 2. The van der Waals surface area contributed by atoms with Crippen LogP contribution in [0.5, 0.6) is 5.75 Å². The van der Waals surface area contributed by atoms with Crippen molar-refractivity contribution in [2.24, 2.45) is 5.73 Å². The van der Waals surface area contributed by atoms with E-state index in [0.29, 0.717) is 17.0 Å². The van der Waals surface area contributed by atoms with Gasteiger partial charge >= 0.3 is 0 Å². The Bertz CT molecular complexity index is 1280. The summed E-state index contributed by atoms with van der Waals surface area (Å²) in [6.07, 6.45) is 2.60. The molecule has 0 saturated carbocycles. The number of aromatic nitrogens is 1. The minimum absolute atomic E-state index is 0.263. The van der Waals surface area contributed by atoms with Crippen LogP contribution in [0.3, 0.4) is 0 Å². The van der Waals surface area contributed by atoms with Crippen LogP contribution in [0.4, 0.5) is 11.4 Å². The number of primary amides is 1. The molecule has 0 fully saturated rings.